The smallest absolute Gasteiger partial charge is 0.236 e. The highest BCUT2D eigenvalue weighted by molar-refractivity contribution is 7.93. The highest BCUT2D eigenvalue weighted by Gasteiger charge is 2.36. The number of primary sulfonamides is 1. The topological polar surface area (TPSA) is 111 Å². The third-order valence-electron chi connectivity index (χ3n) is 4.32. The van der Waals surface area contributed by atoms with Crippen LogP contribution in [0.25, 0.3) is 0 Å². The summed E-state index contributed by atoms with van der Waals surface area (Å²) in [5, 5.41) is 10.2. The van der Waals surface area contributed by atoms with E-state index in [9.17, 15) is 8.42 Å². The molecule has 0 saturated carbocycles. The van der Waals surface area contributed by atoms with Crippen LogP contribution in [0, 0.1) is 0 Å². The summed E-state index contributed by atoms with van der Waals surface area (Å²) in [6.45, 7) is 0.784. The number of fused-ring (bicyclic) bond motifs is 1. The number of allylic oxidation sites excluding steroid dienone is 4. The van der Waals surface area contributed by atoms with Gasteiger partial charge in [0.1, 0.15) is 12.3 Å². The van der Waals surface area contributed by atoms with Gasteiger partial charge < -0.3 is 14.6 Å². The lowest BCUT2D eigenvalue weighted by molar-refractivity contribution is -0.0868. The average molecular weight is 421 g/mol. The Hall–Kier alpha value is -2.75. The average Bonchev–Trinajstić information content (AvgIpc) is 3.28. The van der Waals surface area contributed by atoms with E-state index in [1.807, 2.05) is 18.2 Å². The van der Waals surface area contributed by atoms with Crippen LogP contribution in [-0.2, 0) is 28.0 Å². The number of pyridine rings is 1. The number of nitrogens with two attached hydrogens (primary N) is 1. The summed E-state index contributed by atoms with van der Waals surface area (Å²) in [5.41, 5.74) is 2.26. The first kappa shape index (κ1) is 18.6. The number of sulfonamides is 1. The van der Waals surface area contributed by atoms with Crippen LogP contribution in [0.3, 0.4) is 0 Å². The Labute approximate surface area is 166 Å². The van der Waals surface area contributed by atoms with Crippen molar-refractivity contribution in [3.8, 4) is 0 Å². The fourth-order valence-electron chi connectivity index (χ4n) is 2.98. The van der Waals surface area contributed by atoms with Crippen molar-refractivity contribution in [3.63, 3.8) is 0 Å². The highest BCUT2D eigenvalue weighted by Crippen LogP contribution is 2.41. The molecule has 0 amide bonds. The summed E-state index contributed by atoms with van der Waals surface area (Å²) in [4.78, 5) is 9.98. The first-order chi connectivity index (χ1) is 13.4. The lowest BCUT2D eigenvalue weighted by Gasteiger charge is -2.21. The van der Waals surface area contributed by atoms with Crippen LogP contribution < -0.4 is 10.5 Å². The molecule has 0 atom stereocenters. The van der Waals surface area contributed by atoms with E-state index in [4.69, 9.17) is 26.0 Å². The number of hydrogen-bond donors (Lipinski definition) is 2. The molecule has 0 bridgehead atoms. The summed E-state index contributed by atoms with van der Waals surface area (Å²) in [7, 11) is -3.93. The minimum atomic E-state index is -3.93. The molecule has 8 nitrogen and oxygen atoms in total. The molecule has 2 aromatic heterocycles. The number of nitrogens with one attached hydrogen (secondary N) is 1. The number of furan rings is 1. The van der Waals surface area contributed by atoms with Gasteiger partial charge in [-0.15, -0.1) is 0 Å². The summed E-state index contributed by atoms with van der Waals surface area (Å²) < 4.78 is 29.2. The van der Waals surface area contributed by atoms with E-state index >= 15 is 0 Å². The molecule has 3 N–H and O–H groups in total. The normalized spacial score (nSPS) is 16.8. The number of rotatable bonds is 6. The van der Waals surface area contributed by atoms with Gasteiger partial charge in [-0.25, -0.2) is 18.6 Å². The fourth-order valence-corrected chi connectivity index (χ4v) is 4.15. The maximum Gasteiger partial charge on any atom is 0.236 e. The van der Waals surface area contributed by atoms with E-state index in [0.717, 1.165) is 5.56 Å². The summed E-state index contributed by atoms with van der Waals surface area (Å²) >= 11 is 6.19. The van der Waals surface area contributed by atoms with Gasteiger partial charge in [0.2, 0.25) is 15.9 Å². The third-order valence-corrected chi connectivity index (χ3v) is 5.82. The van der Waals surface area contributed by atoms with Crippen molar-refractivity contribution in [1.82, 2.24) is 15.4 Å². The molecule has 10 heteroatoms. The van der Waals surface area contributed by atoms with Crippen molar-refractivity contribution in [2.75, 3.05) is 0 Å². The molecule has 0 unspecified atom stereocenters. The second-order valence-electron chi connectivity index (χ2n) is 6.25. The Kier molecular flexibility index (Phi) is 4.88. The quantitative estimate of drug-likeness (QED) is 0.738. The van der Waals surface area contributed by atoms with E-state index in [0.29, 0.717) is 36.0 Å². The lowest BCUT2D eigenvalue weighted by Crippen LogP contribution is -2.22. The minimum absolute atomic E-state index is 0.0352. The van der Waals surface area contributed by atoms with Crippen molar-refractivity contribution < 1.29 is 17.7 Å². The fraction of sp³-hybridized carbons (Fsp3) is 0.167. The van der Waals surface area contributed by atoms with Crippen molar-refractivity contribution >= 4 is 21.6 Å². The molecule has 1 aliphatic heterocycles. The second-order valence-corrected chi connectivity index (χ2v) is 8.24. The molecule has 2 aliphatic rings. The van der Waals surface area contributed by atoms with Gasteiger partial charge in [-0.1, -0.05) is 17.7 Å². The van der Waals surface area contributed by atoms with Gasteiger partial charge in [0.25, 0.3) is 0 Å². The Morgan fingerprint density at radius 1 is 1.32 bits per heavy atom. The zero-order chi connectivity index (χ0) is 19.7. The van der Waals surface area contributed by atoms with Crippen LogP contribution >= 0.6 is 11.6 Å². The van der Waals surface area contributed by atoms with Crippen LogP contribution in [0.15, 0.2) is 80.5 Å². The van der Waals surface area contributed by atoms with Gasteiger partial charge in [-0.05, 0) is 29.8 Å². The summed E-state index contributed by atoms with van der Waals surface area (Å²) in [6.07, 6.45) is 6.57. The van der Waals surface area contributed by atoms with Crippen LogP contribution in [0.2, 0.25) is 0 Å². The monoisotopic (exact) mass is 420 g/mol. The lowest BCUT2D eigenvalue weighted by atomic mass is 10.0. The summed E-state index contributed by atoms with van der Waals surface area (Å²) in [6, 6.07) is 7.36. The van der Waals surface area contributed by atoms with Gasteiger partial charge in [-0.2, -0.15) is 0 Å². The number of hydrogen-bond acceptors (Lipinski definition) is 7. The maximum absolute atomic E-state index is 11.9. The van der Waals surface area contributed by atoms with E-state index in [-0.39, 0.29) is 16.4 Å². The first-order valence-electron chi connectivity index (χ1n) is 8.39. The Bertz CT molecular complexity index is 1080. The molecule has 0 fully saturated rings. The van der Waals surface area contributed by atoms with Crippen LogP contribution in [-0.4, -0.2) is 18.5 Å². The van der Waals surface area contributed by atoms with Gasteiger partial charge >= 0.3 is 0 Å². The number of hydroxylamine groups is 2. The van der Waals surface area contributed by atoms with E-state index < -0.39 is 10.0 Å². The molecule has 28 heavy (non-hydrogen) atoms. The second kappa shape index (κ2) is 7.34. The van der Waals surface area contributed by atoms with Gasteiger partial charge in [0, 0.05) is 30.9 Å². The standard InChI is InChI=1S/C18H17ClN4O4S/c19-15-8-16-14(7-17(15)28(20,24)25)18(22-10-12-3-1-5-21-9-12)27-23(16)11-13-4-2-6-26-13/h1-6,8-9,22H,7,10-11H2,(H2,20,24,25). The molecule has 0 saturated heterocycles. The highest BCUT2D eigenvalue weighted by atomic mass is 35.5. The number of nitrogens with zero attached hydrogens (tertiary/aromatic N) is 2. The van der Waals surface area contributed by atoms with E-state index in [1.54, 1.807) is 35.9 Å². The number of halogens is 1. The molecule has 4 rings (SSSR count). The first-order valence-corrected chi connectivity index (χ1v) is 10.3. The molecular formula is C18H17ClN4O4S. The van der Waals surface area contributed by atoms with Crippen LogP contribution in [0.5, 0.6) is 0 Å². The molecule has 0 radical (unpaired) electrons. The SMILES string of the molecule is NS(=O)(=O)C1=C(Cl)C=C2C(=C(NCc3cccnc3)ON2Cc2ccco2)C1. The molecule has 0 spiro atoms. The predicted molar refractivity (Wildman–Crippen MR) is 102 cm³/mol. The zero-order valence-electron chi connectivity index (χ0n) is 14.6. The minimum Gasteiger partial charge on any atom is -0.467 e. The molecule has 1 aliphatic carbocycles. The van der Waals surface area contributed by atoms with Gasteiger partial charge in [0.15, 0.2) is 0 Å². The molecule has 3 heterocycles. The van der Waals surface area contributed by atoms with Crippen molar-refractivity contribution in [2.45, 2.75) is 19.5 Å². The predicted octanol–water partition coefficient (Wildman–Crippen LogP) is 2.45. The van der Waals surface area contributed by atoms with Crippen molar-refractivity contribution in [1.29, 1.82) is 0 Å². The Morgan fingerprint density at radius 3 is 2.86 bits per heavy atom. The van der Waals surface area contributed by atoms with Gasteiger partial charge in [0.05, 0.1) is 21.9 Å². The Morgan fingerprint density at radius 2 is 2.18 bits per heavy atom. The third kappa shape index (κ3) is 3.77. The maximum atomic E-state index is 11.9. The summed E-state index contributed by atoms with van der Waals surface area (Å²) in [5.74, 6) is 1.12. The largest absolute Gasteiger partial charge is 0.467 e. The van der Waals surface area contributed by atoms with Crippen molar-refractivity contribution in [3.05, 3.63) is 87.4 Å². The van der Waals surface area contributed by atoms with Crippen LogP contribution in [0.1, 0.15) is 17.7 Å². The molecule has 0 aromatic carbocycles. The number of aromatic nitrogens is 1. The zero-order valence-corrected chi connectivity index (χ0v) is 16.2. The molecule has 146 valence electrons. The van der Waals surface area contributed by atoms with Crippen LogP contribution in [0.4, 0.5) is 0 Å². The van der Waals surface area contributed by atoms with Gasteiger partial charge in [-0.3, -0.25) is 4.98 Å². The Balaban J connectivity index is 1.65. The van der Waals surface area contributed by atoms with E-state index in [2.05, 4.69) is 10.3 Å². The van der Waals surface area contributed by atoms with Crippen molar-refractivity contribution in [2.24, 2.45) is 5.14 Å². The molecular weight excluding hydrogens is 404 g/mol. The van der Waals surface area contributed by atoms with E-state index in [1.165, 1.54) is 0 Å². The molecule has 2 aromatic rings.